The highest BCUT2D eigenvalue weighted by molar-refractivity contribution is 4.77. The van der Waals surface area contributed by atoms with E-state index in [-0.39, 0.29) is 18.8 Å². The van der Waals surface area contributed by atoms with E-state index in [1.54, 1.807) is 6.92 Å². The third-order valence-corrected chi connectivity index (χ3v) is 3.16. The average Bonchev–Trinajstić information content (AvgIpc) is 2.29. The first kappa shape index (κ1) is 15.9. The highest BCUT2D eigenvalue weighted by Gasteiger charge is 2.30. The van der Waals surface area contributed by atoms with E-state index < -0.39 is 18.5 Å². The fourth-order valence-corrected chi connectivity index (χ4v) is 2.21. The Morgan fingerprint density at radius 2 is 2.22 bits per heavy atom. The lowest BCUT2D eigenvalue weighted by atomic mass is 10.0. The van der Waals surface area contributed by atoms with Crippen molar-refractivity contribution < 1.29 is 19.7 Å². The van der Waals surface area contributed by atoms with Crippen LogP contribution >= 0.6 is 0 Å². The molecule has 1 aliphatic heterocycles. The van der Waals surface area contributed by atoms with Gasteiger partial charge >= 0.3 is 0 Å². The monoisotopic (exact) mass is 261 g/mol. The van der Waals surface area contributed by atoms with Gasteiger partial charge < -0.3 is 25.4 Å². The van der Waals surface area contributed by atoms with Gasteiger partial charge in [0.05, 0.1) is 31.0 Å². The molecule has 1 heterocycles. The van der Waals surface area contributed by atoms with Crippen molar-refractivity contribution in [1.29, 1.82) is 0 Å². The zero-order valence-electron chi connectivity index (χ0n) is 11.4. The summed E-state index contributed by atoms with van der Waals surface area (Å²) in [7, 11) is 0. The van der Waals surface area contributed by atoms with Crippen molar-refractivity contribution in [1.82, 2.24) is 0 Å². The number of hydrogen-bond donors (Lipinski definition) is 3. The maximum atomic E-state index is 9.47. The SMILES string of the molecule is CCCCC(CC(C)O)OC1OCC(O)CC1N. The van der Waals surface area contributed by atoms with Gasteiger partial charge in [-0.2, -0.15) is 0 Å². The number of hydrogen-bond acceptors (Lipinski definition) is 5. The van der Waals surface area contributed by atoms with Gasteiger partial charge in [0.1, 0.15) is 0 Å². The standard InChI is InChI=1S/C13H27NO4/c1-3-4-5-11(6-9(2)15)18-13-12(14)7-10(16)8-17-13/h9-13,15-16H,3-8,14H2,1-2H3. The summed E-state index contributed by atoms with van der Waals surface area (Å²) in [4.78, 5) is 0. The quantitative estimate of drug-likeness (QED) is 0.630. The Morgan fingerprint density at radius 1 is 1.50 bits per heavy atom. The largest absolute Gasteiger partial charge is 0.393 e. The van der Waals surface area contributed by atoms with E-state index in [9.17, 15) is 10.2 Å². The van der Waals surface area contributed by atoms with E-state index in [4.69, 9.17) is 15.2 Å². The summed E-state index contributed by atoms with van der Waals surface area (Å²) < 4.78 is 11.3. The molecule has 0 spiro atoms. The molecular weight excluding hydrogens is 234 g/mol. The van der Waals surface area contributed by atoms with E-state index in [0.717, 1.165) is 19.3 Å². The second-order valence-corrected chi connectivity index (χ2v) is 5.24. The maximum Gasteiger partial charge on any atom is 0.173 e. The molecule has 1 fully saturated rings. The van der Waals surface area contributed by atoms with Crippen molar-refractivity contribution in [3.05, 3.63) is 0 Å². The molecule has 108 valence electrons. The van der Waals surface area contributed by atoms with E-state index in [2.05, 4.69) is 6.92 Å². The molecule has 1 rings (SSSR count). The molecule has 0 saturated carbocycles. The van der Waals surface area contributed by atoms with E-state index in [1.165, 1.54) is 0 Å². The fourth-order valence-electron chi connectivity index (χ4n) is 2.21. The Balaban J connectivity index is 2.43. The van der Waals surface area contributed by atoms with E-state index in [1.807, 2.05) is 0 Å². The number of rotatable bonds is 7. The van der Waals surface area contributed by atoms with Crippen LogP contribution in [0, 0.1) is 0 Å². The topological polar surface area (TPSA) is 84.9 Å². The molecule has 18 heavy (non-hydrogen) atoms. The van der Waals surface area contributed by atoms with Crippen LogP contribution in [-0.2, 0) is 9.47 Å². The summed E-state index contributed by atoms with van der Waals surface area (Å²) in [6.45, 7) is 4.15. The van der Waals surface area contributed by atoms with Crippen molar-refractivity contribution >= 4 is 0 Å². The Morgan fingerprint density at radius 3 is 2.78 bits per heavy atom. The number of ether oxygens (including phenoxy) is 2. The minimum Gasteiger partial charge on any atom is -0.393 e. The normalized spacial score (nSPS) is 32.2. The van der Waals surface area contributed by atoms with Crippen LogP contribution in [0.4, 0.5) is 0 Å². The van der Waals surface area contributed by atoms with Gasteiger partial charge in [-0.05, 0) is 26.2 Å². The lowest BCUT2D eigenvalue weighted by Crippen LogP contribution is -2.49. The minimum atomic E-state index is -0.495. The summed E-state index contributed by atoms with van der Waals surface area (Å²) in [5, 5.41) is 18.9. The molecule has 1 aliphatic rings. The first-order valence-electron chi connectivity index (χ1n) is 6.91. The van der Waals surface area contributed by atoms with Crippen LogP contribution < -0.4 is 5.73 Å². The number of aliphatic hydroxyl groups is 2. The van der Waals surface area contributed by atoms with Crippen molar-refractivity contribution in [2.45, 2.75) is 76.6 Å². The lowest BCUT2D eigenvalue weighted by molar-refractivity contribution is -0.220. The zero-order chi connectivity index (χ0) is 13.5. The lowest BCUT2D eigenvalue weighted by Gasteiger charge is -2.34. The highest BCUT2D eigenvalue weighted by Crippen LogP contribution is 2.20. The molecule has 5 unspecified atom stereocenters. The number of aliphatic hydroxyl groups excluding tert-OH is 2. The van der Waals surface area contributed by atoms with Crippen LogP contribution in [-0.4, -0.2) is 47.5 Å². The Bertz CT molecular complexity index is 225. The second-order valence-electron chi connectivity index (χ2n) is 5.24. The summed E-state index contributed by atoms with van der Waals surface area (Å²) in [6.07, 6.45) is 2.76. The predicted molar refractivity (Wildman–Crippen MR) is 69.0 cm³/mol. The van der Waals surface area contributed by atoms with Crippen molar-refractivity contribution in [2.75, 3.05) is 6.61 Å². The number of unbranched alkanes of at least 4 members (excludes halogenated alkanes) is 1. The van der Waals surface area contributed by atoms with Gasteiger partial charge in [-0.1, -0.05) is 19.8 Å². The first-order chi connectivity index (χ1) is 8.52. The van der Waals surface area contributed by atoms with E-state index >= 15 is 0 Å². The molecule has 1 saturated heterocycles. The van der Waals surface area contributed by atoms with Gasteiger partial charge in [-0.3, -0.25) is 0 Å². The van der Waals surface area contributed by atoms with Gasteiger partial charge in [-0.15, -0.1) is 0 Å². The number of nitrogens with two attached hydrogens (primary N) is 1. The van der Waals surface area contributed by atoms with Crippen LogP contribution in [0.3, 0.4) is 0 Å². The molecule has 0 aromatic carbocycles. The molecule has 5 heteroatoms. The van der Waals surface area contributed by atoms with Crippen molar-refractivity contribution in [3.63, 3.8) is 0 Å². The molecule has 0 bridgehead atoms. The van der Waals surface area contributed by atoms with Gasteiger partial charge in [0, 0.05) is 0 Å². The Kier molecular flexibility index (Phi) is 7.11. The van der Waals surface area contributed by atoms with E-state index in [0.29, 0.717) is 12.8 Å². The van der Waals surface area contributed by atoms with Gasteiger partial charge in [-0.25, -0.2) is 0 Å². The van der Waals surface area contributed by atoms with Crippen LogP contribution in [0.25, 0.3) is 0 Å². The molecule has 0 aromatic heterocycles. The fraction of sp³-hybridized carbons (Fsp3) is 1.00. The minimum absolute atomic E-state index is 0.0313. The molecule has 4 N–H and O–H groups in total. The molecular formula is C13H27NO4. The molecule has 5 nitrogen and oxygen atoms in total. The molecule has 5 atom stereocenters. The highest BCUT2D eigenvalue weighted by atomic mass is 16.7. The predicted octanol–water partition coefficient (Wildman–Crippen LogP) is 0.767. The summed E-state index contributed by atoms with van der Waals surface area (Å²) in [5.41, 5.74) is 5.90. The summed E-state index contributed by atoms with van der Waals surface area (Å²) in [6, 6.07) is -0.299. The third kappa shape index (κ3) is 5.63. The van der Waals surface area contributed by atoms with Crippen LogP contribution in [0.15, 0.2) is 0 Å². The smallest absolute Gasteiger partial charge is 0.173 e. The second kappa shape index (κ2) is 8.07. The molecule has 0 radical (unpaired) electrons. The molecule has 0 aromatic rings. The molecule has 0 amide bonds. The zero-order valence-corrected chi connectivity index (χ0v) is 11.4. The Hall–Kier alpha value is -0.200. The maximum absolute atomic E-state index is 9.47. The van der Waals surface area contributed by atoms with Crippen molar-refractivity contribution in [3.8, 4) is 0 Å². The van der Waals surface area contributed by atoms with Gasteiger partial charge in [0.15, 0.2) is 6.29 Å². The average molecular weight is 261 g/mol. The first-order valence-corrected chi connectivity index (χ1v) is 6.91. The van der Waals surface area contributed by atoms with Gasteiger partial charge in [0.25, 0.3) is 0 Å². The van der Waals surface area contributed by atoms with Crippen LogP contribution in [0.2, 0.25) is 0 Å². The van der Waals surface area contributed by atoms with Gasteiger partial charge in [0.2, 0.25) is 0 Å². The van der Waals surface area contributed by atoms with Crippen LogP contribution in [0.5, 0.6) is 0 Å². The summed E-state index contributed by atoms with van der Waals surface area (Å²) in [5.74, 6) is 0. The Labute approximate surface area is 109 Å². The third-order valence-electron chi connectivity index (χ3n) is 3.16. The van der Waals surface area contributed by atoms with Crippen molar-refractivity contribution in [2.24, 2.45) is 5.73 Å². The summed E-state index contributed by atoms with van der Waals surface area (Å²) >= 11 is 0. The molecule has 0 aliphatic carbocycles. The van der Waals surface area contributed by atoms with Crippen LogP contribution in [0.1, 0.15) is 46.0 Å².